The number of nitrogen functional groups attached to an aromatic ring is 1. The second-order valence-corrected chi connectivity index (χ2v) is 5.59. The molecule has 5 nitrogen and oxygen atoms in total. The number of nitrogens with two attached hydrogens (primary N) is 1. The van der Waals surface area contributed by atoms with Crippen LogP contribution in [0.1, 0.15) is 38.4 Å². The number of anilines is 2. The molecule has 0 spiro atoms. The third-order valence-corrected chi connectivity index (χ3v) is 3.87. The molecule has 2 N–H and O–H groups in total. The topological polar surface area (TPSA) is 58.3 Å². The first kappa shape index (κ1) is 15.0. The molecule has 0 aliphatic carbocycles. The van der Waals surface area contributed by atoms with E-state index in [0.29, 0.717) is 5.82 Å². The van der Waals surface area contributed by atoms with Crippen molar-refractivity contribution in [3.05, 3.63) is 11.9 Å². The Morgan fingerprint density at radius 2 is 1.85 bits per heavy atom. The Kier molecular flexibility index (Phi) is 5.59. The fourth-order valence-electron chi connectivity index (χ4n) is 2.70. The second kappa shape index (κ2) is 7.43. The van der Waals surface area contributed by atoms with Crippen LogP contribution in [0.5, 0.6) is 0 Å². The maximum Gasteiger partial charge on any atom is 0.134 e. The Labute approximate surface area is 122 Å². The summed E-state index contributed by atoms with van der Waals surface area (Å²) in [4.78, 5) is 13.5. The number of hydrogen-bond acceptors (Lipinski definition) is 5. The SMILES string of the molecule is CCCCCCN1CCN(c2cc(N)nc(C)n2)CC1. The first-order chi connectivity index (χ1) is 9.69. The molecule has 0 amide bonds. The van der Waals surface area contributed by atoms with E-state index in [1.807, 2.05) is 13.0 Å². The molecule has 1 aliphatic heterocycles. The Morgan fingerprint density at radius 3 is 2.50 bits per heavy atom. The lowest BCUT2D eigenvalue weighted by molar-refractivity contribution is 0.251. The minimum atomic E-state index is 0.564. The molecule has 112 valence electrons. The van der Waals surface area contributed by atoms with Crippen molar-refractivity contribution in [1.82, 2.24) is 14.9 Å². The lowest BCUT2D eigenvalue weighted by Gasteiger charge is -2.35. The third kappa shape index (κ3) is 4.34. The summed E-state index contributed by atoms with van der Waals surface area (Å²) in [6.07, 6.45) is 5.35. The molecule has 1 saturated heterocycles. The van der Waals surface area contributed by atoms with Gasteiger partial charge >= 0.3 is 0 Å². The van der Waals surface area contributed by atoms with Gasteiger partial charge in [-0.25, -0.2) is 9.97 Å². The molecule has 0 atom stereocenters. The van der Waals surface area contributed by atoms with Gasteiger partial charge in [0.1, 0.15) is 17.5 Å². The molecule has 0 bridgehead atoms. The van der Waals surface area contributed by atoms with E-state index in [9.17, 15) is 0 Å². The van der Waals surface area contributed by atoms with Crippen LogP contribution >= 0.6 is 0 Å². The fourth-order valence-corrected chi connectivity index (χ4v) is 2.70. The molecular formula is C15H27N5. The van der Waals surface area contributed by atoms with Crippen LogP contribution in [0.2, 0.25) is 0 Å². The number of hydrogen-bond donors (Lipinski definition) is 1. The fraction of sp³-hybridized carbons (Fsp3) is 0.733. The minimum Gasteiger partial charge on any atom is -0.384 e. The largest absolute Gasteiger partial charge is 0.384 e. The van der Waals surface area contributed by atoms with Crippen LogP contribution < -0.4 is 10.6 Å². The van der Waals surface area contributed by atoms with Crippen LogP contribution in [-0.4, -0.2) is 47.6 Å². The monoisotopic (exact) mass is 277 g/mol. The van der Waals surface area contributed by atoms with Crippen LogP contribution in [0.4, 0.5) is 11.6 Å². The number of aryl methyl sites for hydroxylation is 1. The molecule has 20 heavy (non-hydrogen) atoms. The Morgan fingerprint density at radius 1 is 1.10 bits per heavy atom. The molecule has 1 aromatic heterocycles. The van der Waals surface area contributed by atoms with Crippen LogP contribution in [0.25, 0.3) is 0 Å². The normalized spacial score (nSPS) is 16.6. The average molecular weight is 277 g/mol. The average Bonchev–Trinajstić information content (AvgIpc) is 2.43. The van der Waals surface area contributed by atoms with Crippen molar-refractivity contribution in [2.24, 2.45) is 0 Å². The van der Waals surface area contributed by atoms with E-state index in [2.05, 4.69) is 26.7 Å². The first-order valence-corrected chi connectivity index (χ1v) is 7.77. The van der Waals surface area contributed by atoms with Gasteiger partial charge in [-0.05, 0) is 19.9 Å². The molecule has 1 aliphatic rings. The smallest absolute Gasteiger partial charge is 0.134 e. The lowest BCUT2D eigenvalue weighted by atomic mass is 10.2. The molecule has 1 aromatic rings. The summed E-state index contributed by atoms with van der Waals surface area (Å²) in [6, 6.07) is 1.88. The molecule has 1 fully saturated rings. The summed E-state index contributed by atoms with van der Waals surface area (Å²) in [7, 11) is 0. The van der Waals surface area contributed by atoms with E-state index in [-0.39, 0.29) is 0 Å². The Balaban J connectivity index is 1.79. The molecule has 2 rings (SSSR count). The van der Waals surface area contributed by atoms with Crippen LogP contribution in [0, 0.1) is 6.92 Å². The standard InChI is InChI=1S/C15H27N5/c1-3-4-5-6-7-19-8-10-20(11-9-19)15-12-14(16)17-13(2)18-15/h12H,3-11H2,1-2H3,(H2,16,17,18). The third-order valence-electron chi connectivity index (χ3n) is 3.87. The van der Waals surface area contributed by atoms with Gasteiger partial charge in [-0.3, -0.25) is 4.90 Å². The summed E-state index contributed by atoms with van der Waals surface area (Å²) in [5.74, 6) is 2.29. The Bertz CT molecular complexity index is 392. The van der Waals surface area contributed by atoms with E-state index in [4.69, 9.17) is 5.73 Å². The van der Waals surface area contributed by atoms with Crippen molar-refractivity contribution in [2.45, 2.75) is 39.5 Å². The minimum absolute atomic E-state index is 0.564. The van der Waals surface area contributed by atoms with Crippen molar-refractivity contribution in [3.63, 3.8) is 0 Å². The van der Waals surface area contributed by atoms with Gasteiger partial charge < -0.3 is 10.6 Å². The zero-order valence-corrected chi connectivity index (χ0v) is 12.8. The molecule has 0 aromatic carbocycles. The van der Waals surface area contributed by atoms with Crippen molar-refractivity contribution in [2.75, 3.05) is 43.4 Å². The van der Waals surface area contributed by atoms with Crippen molar-refractivity contribution in [1.29, 1.82) is 0 Å². The highest BCUT2D eigenvalue weighted by atomic mass is 15.3. The summed E-state index contributed by atoms with van der Waals surface area (Å²) in [5.41, 5.74) is 5.80. The molecule has 2 heterocycles. The molecule has 0 saturated carbocycles. The van der Waals surface area contributed by atoms with Gasteiger partial charge in [-0.2, -0.15) is 0 Å². The second-order valence-electron chi connectivity index (χ2n) is 5.59. The summed E-state index contributed by atoms with van der Waals surface area (Å²) in [6.45, 7) is 9.69. The van der Waals surface area contributed by atoms with Gasteiger partial charge in [0.25, 0.3) is 0 Å². The molecule has 0 unspecified atom stereocenters. The number of aromatic nitrogens is 2. The van der Waals surface area contributed by atoms with Gasteiger partial charge in [0.2, 0.25) is 0 Å². The van der Waals surface area contributed by atoms with Gasteiger partial charge in [-0.1, -0.05) is 26.2 Å². The van der Waals surface area contributed by atoms with Crippen molar-refractivity contribution >= 4 is 11.6 Å². The molecule has 5 heteroatoms. The summed E-state index contributed by atoms with van der Waals surface area (Å²) < 4.78 is 0. The summed E-state index contributed by atoms with van der Waals surface area (Å²) in [5, 5.41) is 0. The van der Waals surface area contributed by atoms with Crippen molar-refractivity contribution in [3.8, 4) is 0 Å². The Hall–Kier alpha value is -1.36. The van der Waals surface area contributed by atoms with E-state index in [1.54, 1.807) is 0 Å². The highest BCUT2D eigenvalue weighted by Gasteiger charge is 2.18. The predicted molar refractivity (Wildman–Crippen MR) is 84.0 cm³/mol. The predicted octanol–water partition coefficient (Wildman–Crippen LogP) is 2.07. The van der Waals surface area contributed by atoms with Crippen molar-refractivity contribution < 1.29 is 0 Å². The zero-order chi connectivity index (χ0) is 14.4. The molecule has 0 radical (unpaired) electrons. The van der Waals surface area contributed by atoms with Gasteiger partial charge in [0.05, 0.1) is 0 Å². The highest BCUT2D eigenvalue weighted by molar-refractivity contribution is 5.47. The highest BCUT2D eigenvalue weighted by Crippen LogP contribution is 2.16. The van der Waals surface area contributed by atoms with Crippen LogP contribution in [-0.2, 0) is 0 Å². The summed E-state index contributed by atoms with van der Waals surface area (Å²) >= 11 is 0. The maximum atomic E-state index is 5.80. The van der Waals surface area contributed by atoms with E-state index < -0.39 is 0 Å². The number of piperazine rings is 1. The first-order valence-electron chi connectivity index (χ1n) is 7.77. The van der Waals surface area contributed by atoms with Crippen LogP contribution in [0.3, 0.4) is 0 Å². The lowest BCUT2D eigenvalue weighted by Crippen LogP contribution is -2.47. The number of nitrogens with zero attached hydrogens (tertiary/aromatic N) is 4. The van der Waals surface area contributed by atoms with E-state index >= 15 is 0 Å². The molecular weight excluding hydrogens is 250 g/mol. The zero-order valence-electron chi connectivity index (χ0n) is 12.8. The van der Waals surface area contributed by atoms with E-state index in [1.165, 1.54) is 32.2 Å². The quantitative estimate of drug-likeness (QED) is 0.807. The number of unbranched alkanes of at least 4 members (excludes halogenated alkanes) is 3. The number of rotatable bonds is 6. The van der Waals surface area contributed by atoms with Gasteiger partial charge in [0.15, 0.2) is 0 Å². The maximum absolute atomic E-state index is 5.80. The van der Waals surface area contributed by atoms with Gasteiger partial charge in [-0.15, -0.1) is 0 Å². The van der Waals surface area contributed by atoms with Gasteiger partial charge in [0, 0.05) is 32.2 Å². The van der Waals surface area contributed by atoms with E-state index in [0.717, 1.165) is 37.8 Å². The van der Waals surface area contributed by atoms with Crippen LogP contribution in [0.15, 0.2) is 6.07 Å².